The molecule has 1 fully saturated rings. The van der Waals surface area contributed by atoms with Gasteiger partial charge in [-0.1, -0.05) is 25.1 Å². The number of nitrogens with zero attached hydrogens (tertiary/aromatic N) is 2. The molecule has 0 aromatic heterocycles. The topological polar surface area (TPSA) is 73.2 Å². The maximum atomic E-state index is 12.5. The largest absolute Gasteiger partial charge is 0.352 e. The molecule has 0 saturated carbocycles. The molecule has 1 N–H and O–H groups in total. The maximum absolute atomic E-state index is 12.5. The van der Waals surface area contributed by atoms with Crippen molar-refractivity contribution in [2.24, 2.45) is 0 Å². The Hall–Kier alpha value is -2.26. The summed E-state index contributed by atoms with van der Waals surface area (Å²) in [5, 5.41) is 12.0. The van der Waals surface area contributed by atoms with Gasteiger partial charge in [-0.3, -0.25) is 9.59 Å². The Bertz CT molecular complexity index is 681. The molecule has 5 nitrogen and oxygen atoms in total. The second-order valence-corrected chi connectivity index (χ2v) is 6.67. The minimum Gasteiger partial charge on any atom is -0.352 e. The molecule has 2 rings (SSSR count). The van der Waals surface area contributed by atoms with Gasteiger partial charge in [-0.05, 0) is 31.1 Å². The summed E-state index contributed by atoms with van der Waals surface area (Å²) in [4.78, 5) is 26.3. The van der Waals surface area contributed by atoms with E-state index in [1.54, 1.807) is 40.9 Å². The van der Waals surface area contributed by atoms with E-state index in [2.05, 4.69) is 11.4 Å². The SMILES string of the molecule is CC[C@H](C)NC(=O)[C@@H]1CSCN1C(=O)/C=C/c1ccccc1C#N. The van der Waals surface area contributed by atoms with Crippen molar-refractivity contribution >= 4 is 29.7 Å². The molecule has 2 amide bonds. The van der Waals surface area contributed by atoms with Crippen molar-refractivity contribution in [3.63, 3.8) is 0 Å². The van der Waals surface area contributed by atoms with Crippen LogP contribution in [0.25, 0.3) is 6.08 Å². The number of rotatable bonds is 5. The molecular formula is C18H21N3O2S. The lowest BCUT2D eigenvalue weighted by atomic mass is 10.1. The fraction of sp³-hybridized carbons (Fsp3) is 0.389. The van der Waals surface area contributed by atoms with E-state index in [9.17, 15) is 9.59 Å². The Balaban J connectivity index is 2.07. The first-order valence-electron chi connectivity index (χ1n) is 7.92. The lowest BCUT2D eigenvalue weighted by molar-refractivity contribution is -0.135. The summed E-state index contributed by atoms with van der Waals surface area (Å²) in [5.41, 5.74) is 1.21. The molecular weight excluding hydrogens is 322 g/mol. The van der Waals surface area contributed by atoms with Gasteiger partial charge in [-0.15, -0.1) is 11.8 Å². The molecule has 6 heteroatoms. The van der Waals surface area contributed by atoms with E-state index in [0.29, 0.717) is 22.8 Å². The van der Waals surface area contributed by atoms with Crippen LogP contribution >= 0.6 is 11.8 Å². The molecule has 1 aliphatic rings. The van der Waals surface area contributed by atoms with Crippen LogP contribution < -0.4 is 5.32 Å². The number of hydrogen-bond donors (Lipinski definition) is 1. The van der Waals surface area contributed by atoms with Crippen LogP contribution in [0.15, 0.2) is 30.3 Å². The van der Waals surface area contributed by atoms with E-state index in [1.807, 2.05) is 19.9 Å². The van der Waals surface area contributed by atoms with Crippen LogP contribution in [-0.2, 0) is 9.59 Å². The zero-order valence-electron chi connectivity index (χ0n) is 13.9. The van der Waals surface area contributed by atoms with E-state index in [4.69, 9.17) is 5.26 Å². The van der Waals surface area contributed by atoms with Crippen LogP contribution in [0.1, 0.15) is 31.4 Å². The predicted octanol–water partition coefficient (Wildman–Crippen LogP) is 2.39. The summed E-state index contributed by atoms with van der Waals surface area (Å²) in [5.74, 6) is 0.795. The zero-order chi connectivity index (χ0) is 17.5. The third kappa shape index (κ3) is 4.39. The highest BCUT2D eigenvalue weighted by molar-refractivity contribution is 7.99. The van der Waals surface area contributed by atoms with Crippen LogP contribution in [0.4, 0.5) is 0 Å². The summed E-state index contributed by atoms with van der Waals surface area (Å²) < 4.78 is 0. The van der Waals surface area contributed by atoms with E-state index in [0.717, 1.165) is 6.42 Å². The number of hydrogen-bond acceptors (Lipinski definition) is 4. The molecule has 1 saturated heterocycles. The number of nitrogens with one attached hydrogen (secondary N) is 1. The van der Waals surface area contributed by atoms with Crippen molar-refractivity contribution in [2.75, 3.05) is 11.6 Å². The maximum Gasteiger partial charge on any atom is 0.247 e. The average molecular weight is 343 g/mol. The number of benzene rings is 1. The van der Waals surface area contributed by atoms with Crippen LogP contribution in [0.5, 0.6) is 0 Å². The van der Waals surface area contributed by atoms with Gasteiger partial charge in [-0.25, -0.2) is 0 Å². The number of carbonyl (C=O) groups is 2. The van der Waals surface area contributed by atoms with Crippen molar-refractivity contribution < 1.29 is 9.59 Å². The molecule has 0 spiro atoms. The van der Waals surface area contributed by atoms with Crippen molar-refractivity contribution in [3.8, 4) is 6.07 Å². The number of thioether (sulfide) groups is 1. The predicted molar refractivity (Wildman–Crippen MR) is 96.0 cm³/mol. The van der Waals surface area contributed by atoms with Crippen molar-refractivity contribution in [2.45, 2.75) is 32.4 Å². The third-order valence-electron chi connectivity index (χ3n) is 3.96. The monoisotopic (exact) mass is 343 g/mol. The average Bonchev–Trinajstić information content (AvgIpc) is 3.09. The fourth-order valence-corrected chi connectivity index (χ4v) is 3.48. The van der Waals surface area contributed by atoms with Gasteiger partial charge >= 0.3 is 0 Å². The van der Waals surface area contributed by atoms with Gasteiger partial charge in [0, 0.05) is 17.9 Å². The zero-order valence-corrected chi connectivity index (χ0v) is 14.7. The summed E-state index contributed by atoms with van der Waals surface area (Å²) in [6, 6.07) is 8.85. The molecule has 1 heterocycles. The Morgan fingerprint density at radius 1 is 1.50 bits per heavy atom. The van der Waals surface area contributed by atoms with Crippen LogP contribution in [-0.4, -0.2) is 40.4 Å². The minimum absolute atomic E-state index is 0.0955. The highest BCUT2D eigenvalue weighted by Gasteiger charge is 2.33. The Labute approximate surface area is 146 Å². The molecule has 126 valence electrons. The molecule has 0 radical (unpaired) electrons. The lowest BCUT2D eigenvalue weighted by Gasteiger charge is -2.23. The second-order valence-electron chi connectivity index (χ2n) is 5.67. The Kier molecular flexibility index (Phi) is 6.44. The summed E-state index contributed by atoms with van der Waals surface area (Å²) >= 11 is 1.57. The van der Waals surface area contributed by atoms with Crippen LogP contribution in [0, 0.1) is 11.3 Å². The second kappa shape index (κ2) is 8.55. The minimum atomic E-state index is -0.438. The van der Waals surface area contributed by atoms with Gasteiger partial charge in [-0.2, -0.15) is 5.26 Å². The normalized spacial score (nSPS) is 18.4. The summed E-state index contributed by atoms with van der Waals surface area (Å²) in [7, 11) is 0. The van der Waals surface area contributed by atoms with E-state index < -0.39 is 6.04 Å². The third-order valence-corrected chi connectivity index (χ3v) is 4.97. The summed E-state index contributed by atoms with van der Waals surface area (Å²) in [6.45, 7) is 3.96. The van der Waals surface area contributed by atoms with Gasteiger partial charge < -0.3 is 10.2 Å². The van der Waals surface area contributed by atoms with E-state index >= 15 is 0 Å². The summed E-state index contributed by atoms with van der Waals surface area (Å²) in [6.07, 6.45) is 3.92. The molecule has 24 heavy (non-hydrogen) atoms. The van der Waals surface area contributed by atoms with Gasteiger partial charge in [0.25, 0.3) is 0 Å². The highest BCUT2D eigenvalue weighted by Crippen LogP contribution is 2.22. The molecule has 0 bridgehead atoms. The van der Waals surface area contributed by atoms with Crippen molar-refractivity contribution in [1.29, 1.82) is 5.26 Å². The lowest BCUT2D eigenvalue weighted by Crippen LogP contribution is -2.48. The molecule has 1 aromatic carbocycles. The van der Waals surface area contributed by atoms with Gasteiger partial charge in [0.2, 0.25) is 11.8 Å². The number of carbonyl (C=O) groups excluding carboxylic acids is 2. The van der Waals surface area contributed by atoms with Crippen molar-refractivity contribution in [3.05, 3.63) is 41.5 Å². The molecule has 0 unspecified atom stereocenters. The fourth-order valence-electron chi connectivity index (χ4n) is 2.32. The van der Waals surface area contributed by atoms with E-state index in [-0.39, 0.29) is 17.9 Å². The molecule has 0 aliphatic carbocycles. The van der Waals surface area contributed by atoms with E-state index in [1.165, 1.54) is 6.08 Å². The van der Waals surface area contributed by atoms with Gasteiger partial charge in [0.15, 0.2) is 0 Å². The van der Waals surface area contributed by atoms with Crippen LogP contribution in [0.3, 0.4) is 0 Å². The smallest absolute Gasteiger partial charge is 0.247 e. The molecule has 2 atom stereocenters. The molecule has 1 aromatic rings. The highest BCUT2D eigenvalue weighted by atomic mass is 32.2. The van der Waals surface area contributed by atoms with Crippen LogP contribution in [0.2, 0.25) is 0 Å². The first kappa shape index (κ1) is 18.1. The van der Waals surface area contributed by atoms with Gasteiger partial charge in [0.1, 0.15) is 6.04 Å². The first-order valence-corrected chi connectivity index (χ1v) is 9.08. The number of amides is 2. The Morgan fingerprint density at radius 2 is 2.25 bits per heavy atom. The standard InChI is InChI=1S/C18H21N3O2S/c1-3-13(2)20-18(23)16-11-24-12-21(16)17(22)9-8-14-6-4-5-7-15(14)10-19/h4-9,13,16H,3,11-12H2,1-2H3,(H,20,23)/b9-8+/t13-,16-/m0/s1. The van der Waals surface area contributed by atoms with Crippen molar-refractivity contribution in [1.82, 2.24) is 10.2 Å². The van der Waals surface area contributed by atoms with Gasteiger partial charge in [0.05, 0.1) is 17.5 Å². The first-order chi connectivity index (χ1) is 11.6. The quantitative estimate of drug-likeness (QED) is 0.833. The Morgan fingerprint density at radius 3 is 2.96 bits per heavy atom. The molecule has 1 aliphatic heterocycles. The number of nitriles is 1.